The molecule has 8 nitrogen and oxygen atoms in total. The predicted octanol–water partition coefficient (Wildman–Crippen LogP) is 1.10. The average Bonchev–Trinajstić information content (AvgIpc) is 2.95. The first-order valence-corrected chi connectivity index (χ1v) is 6.69. The van der Waals surface area contributed by atoms with Gasteiger partial charge in [-0.25, -0.2) is 4.68 Å². The molecule has 0 aliphatic rings. The van der Waals surface area contributed by atoms with E-state index >= 15 is 0 Å². The van der Waals surface area contributed by atoms with E-state index in [4.69, 9.17) is 4.52 Å². The van der Waals surface area contributed by atoms with Crippen LogP contribution in [0.3, 0.4) is 0 Å². The largest absolute Gasteiger partial charge is 0.338 e. The number of nitrogens with zero attached hydrogens (tertiary/aromatic N) is 4. The van der Waals surface area contributed by atoms with Crippen LogP contribution in [0.1, 0.15) is 32.2 Å². The second kappa shape index (κ2) is 6.04. The normalized spacial score (nSPS) is 11.6. The molecule has 114 valence electrons. The van der Waals surface area contributed by atoms with E-state index in [1.165, 1.54) is 4.68 Å². The standard InChI is InChI=1S/C13H20N6O2/c1-9-5-12(21-17-9)15-11(20)8-19-7-10(16-18-19)6-14-13(2,3)4/h5,7,14H,6,8H2,1-4H3,(H,15,20). The molecule has 2 heterocycles. The minimum atomic E-state index is -0.244. The number of carbonyl (C=O) groups excluding carboxylic acids is 1. The van der Waals surface area contributed by atoms with Crippen LogP contribution < -0.4 is 10.6 Å². The minimum Gasteiger partial charge on any atom is -0.338 e. The van der Waals surface area contributed by atoms with Crippen molar-refractivity contribution in [3.63, 3.8) is 0 Å². The third kappa shape index (κ3) is 4.99. The van der Waals surface area contributed by atoms with Crippen LogP contribution in [0.4, 0.5) is 5.88 Å². The van der Waals surface area contributed by atoms with Crippen LogP contribution in [0.25, 0.3) is 0 Å². The molecule has 2 N–H and O–H groups in total. The highest BCUT2D eigenvalue weighted by atomic mass is 16.5. The fourth-order valence-electron chi connectivity index (χ4n) is 1.60. The second-order valence-electron chi connectivity index (χ2n) is 5.89. The highest BCUT2D eigenvalue weighted by Gasteiger charge is 2.12. The summed E-state index contributed by atoms with van der Waals surface area (Å²) in [6.45, 7) is 8.68. The van der Waals surface area contributed by atoms with Gasteiger partial charge < -0.3 is 9.84 Å². The molecule has 0 saturated carbocycles. The van der Waals surface area contributed by atoms with Crippen molar-refractivity contribution in [2.75, 3.05) is 5.32 Å². The third-order valence-corrected chi connectivity index (χ3v) is 2.58. The fourth-order valence-corrected chi connectivity index (χ4v) is 1.60. The molecule has 0 aliphatic carbocycles. The Labute approximate surface area is 122 Å². The summed E-state index contributed by atoms with van der Waals surface area (Å²) in [6.07, 6.45) is 1.74. The Morgan fingerprint density at radius 3 is 2.81 bits per heavy atom. The Bertz CT molecular complexity index is 610. The first-order valence-electron chi connectivity index (χ1n) is 6.69. The summed E-state index contributed by atoms with van der Waals surface area (Å²) in [5.74, 6) is 0.0821. The number of nitrogens with one attached hydrogen (secondary N) is 2. The van der Waals surface area contributed by atoms with Crippen molar-refractivity contribution < 1.29 is 9.32 Å². The molecule has 1 amide bonds. The second-order valence-corrected chi connectivity index (χ2v) is 5.89. The number of aromatic nitrogens is 4. The Morgan fingerprint density at radius 2 is 2.19 bits per heavy atom. The number of aryl methyl sites for hydroxylation is 1. The SMILES string of the molecule is Cc1cc(NC(=O)Cn2cc(CNC(C)(C)C)nn2)on1. The Balaban J connectivity index is 1.85. The van der Waals surface area contributed by atoms with Crippen molar-refractivity contribution in [3.05, 3.63) is 23.7 Å². The highest BCUT2D eigenvalue weighted by molar-refractivity contribution is 5.89. The minimum absolute atomic E-state index is 0.00526. The molecule has 0 aliphatic heterocycles. The predicted molar refractivity (Wildman–Crippen MR) is 76.5 cm³/mol. The molecule has 0 bridgehead atoms. The van der Waals surface area contributed by atoms with E-state index in [2.05, 4.69) is 46.9 Å². The van der Waals surface area contributed by atoms with Gasteiger partial charge in [0.1, 0.15) is 6.54 Å². The maximum absolute atomic E-state index is 11.8. The maximum Gasteiger partial charge on any atom is 0.248 e. The molecular formula is C13H20N6O2. The molecule has 0 radical (unpaired) electrons. The molecule has 2 aromatic heterocycles. The van der Waals surface area contributed by atoms with Crippen molar-refractivity contribution >= 4 is 11.8 Å². The fraction of sp³-hybridized carbons (Fsp3) is 0.538. The van der Waals surface area contributed by atoms with Crippen molar-refractivity contribution in [1.82, 2.24) is 25.5 Å². The van der Waals surface area contributed by atoms with E-state index in [0.717, 1.165) is 5.69 Å². The lowest BCUT2D eigenvalue weighted by Crippen LogP contribution is -2.35. The van der Waals surface area contributed by atoms with Gasteiger partial charge in [-0.3, -0.25) is 10.1 Å². The van der Waals surface area contributed by atoms with Gasteiger partial charge in [0, 0.05) is 18.2 Å². The molecule has 21 heavy (non-hydrogen) atoms. The van der Waals surface area contributed by atoms with Crippen molar-refractivity contribution in [3.8, 4) is 0 Å². The number of rotatable bonds is 5. The summed E-state index contributed by atoms with van der Waals surface area (Å²) < 4.78 is 6.40. The van der Waals surface area contributed by atoms with E-state index in [9.17, 15) is 4.79 Å². The molecule has 0 unspecified atom stereocenters. The molecule has 0 spiro atoms. The zero-order chi connectivity index (χ0) is 15.5. The number of hydrogen-bond donors (Lipinski definition) is 2. The van der Waals surface area contributed by atoms with Gasteiger partial charge in [0.15, 0.2) is 0 Å². The Kier molecular flexibility index (Phi) is 4.37. The van der Waals surface area contributed by atoms with Crippen LogP contribution in [0.15, 0.2) is 16.8 Å². The van der Waals surface area contributed by atoms with Gasteiger partial charge >= 0.3 is 0 Å². The van der Waals surface area contributed by atoms with Gasteiger partial charge in [-0.2, -0.15) is 0 Å². The van der Waals surface area contributed by atoms with Crippen molar-refractivity contribution in [2.45, 2.75) is 46.3 Å². The molecule has 0 saturated heterocycles. The molecule has 0 fully saturated rings. The summed E-state index contributed by atoms with van der Waals surface area (Å²) in [7, 11) is 0. The van der Waals surface area contributed by atoms with E-state index in [1.54, 1.807) is 19.2 Å². The number of anilines is 1. The van der Waals surface area contributed by atoms with Crippen LogP contribution in [-0.4, -0.2) is 31.6 Å². The maximum atomic E-state index is 11.8. The summed E-state index contributed by atoms with van der Waals surface area (Å²) in [6, 6.07) is 1.65. The summed E-state index contributed by atoms with van der Waals surface area (Å²) in [5.41, 5.74) is 1.50. The zero-order valence-corrected chi connectivity index (χ0v) is 12.7. The number of hydrogen-bond acceptors (Lipinski definition) is 6. The molecule has 0 aromatic carbocycles. The Hall–Kier alpha value is -2.22. The Morgan fingerprint density at radius 1 is 1.43 bits per heavy atom. The quantitative estimate of drug-likeness (QED) is 0.856. The molecule has 8 heteroatoms. The number of amides is 1. The average molecular weight is 292 g/mol. The first-order chi connectivity index (χ1) is 9.82. The highest BCUT2D eigenvalue weighted by Crippen LogP contribution is 2.08. The molecule has 2 rings (SSSR count). The van der Waals surface area contributed by atoms with E-state index < -0.39 is 0 Å². The van der Waals surface area contributed by atoms with Gasteiger partial charge in [0.05, 0.1) is 17.6 Å². The summed E-state index contributed by atoms with van der Waals surface area (Å²) in [5, 5.41) is 17.5. The lowest BCUT2D eigenvalue weighted by Gasteiger charge is -2.19. The van der Waals surface area contributed by atoms with Gasteiger partial charge in [-0.1, -0.05) is 10.4 Å². The van der Waals surface area contributed by atoms with Crippen LogP contribution in [0.2, 0.25) is 0 Å². The molecule has 0 atom stereocenters. The van der Waals surface area contributed by atoms with Crippen molar-refractivity contribution in [1.29, 1.82) is 0 Å². The van der Waals surface area contributed by atoms with Gasteiger partial charge in [-0.15, -0.1) is 5.10 Å². The van der Waals surface area contributed by atoms with Crippen LogP contribution in [-0.2, 0) is 17.9 Å². The van der Waals surface area contributed by atoms with Gasteiger partial charge in [-0.05, 0) is 27.7 Å². The molecule has 2 aromatic rings. The van der Waals surface area contributed by atoms with Crippen molar-refractivity contribution in [2.24, 2.45) is 0 Å². The molecular weight excluding hydrogens is 272 g/mol. The number of carbonyl (C=O) groups is 1. The van der Waals surface area contributed by atoms with Crippen LogP contribution in [0.5, 0.6) is 0 Å². The monoisotopic (exact) mass is 292 g/mol. The topological polar surface area (TPSA) is 97.9 Å². The van der Waals surface area contributed by atoms with E-state index in [1.807, 2.05) is 0 Å². The van der Waals surface area contributed by atoms with Gasteiger partial charge in [0.2, 0.25) is 11.8 Å². The summed E-state index contributed by atoms with van der Waals surface area (Å²) in [4.78, 5) is 11.8. The van der Waals surface area contributed by atoms with E-state index in [0.29, 0.717) is 18.1 Å². The summed E-state index contributed by atoms with van der Waals surface area (Å²) >= 11 is 0. The van der Waals surface area contributed by atoms with E-state index in [-0.39, 0.29) is 18.0 Å². The third-order valence-electron chi connectivity index (χ3n) is 2.58. The lowest BCUT2D eigenvalue weighted by atomic mass is 10.1. The lowest BCUT2D eigenvalue weighted by molar-refractivity contribution is -0.117. The van der Waals surface area contributed by atoms with Crippen LogP contribution >= 0.6 is 0 Å². The van der Waals surface area contributed by atoms with Crippen LogP contribution in [0, 0.1) is 6.92 Å². The first kappa shape index (κ1) is 15.2. The zero-order valence-electron chi connectivity index (χ0n) is 12.7. The smallest absolute Gasteiger partial charge is 0.248 e. The van der Waals surface area contributed by atoms with Gasteiger partial charge in [0.25, 0.3) is 0 Å².